The first-order chi connectivity index (χ1) is 31.9. The predicted octanol–water partition coefficient (Wildman–Crippen LogP) is 7.62. The number of alkyl carbamates (subject to hydrolysis) is 1. The van der Waals surface area contributed by atoms with Crippen molar-refractivity contribution in [2.45, 2.75) is 130 Å². The Balaban J connectivity index is 1.29. The van der Waals surface area contributed by atoms with Gasteiger partial charge in [0.05, 0.1) is 43.1 Å². The number of amides is 2. The molecular weight excluding hydrogens is 851 g/mol. The first-order valence-corrected chi connectivity index (χ1v) is 23.9. The molecule has 0 unspecified atom stereocenters. The predicted molar refractivity (Wildman–Crippen MR) is 259 cm³/mol. The number of benzene rings is 2. The molecule has 2 aromatic carbocycles. The summed E-state index contributed by atoms with van der Waals surface area (Å²) in [4.78, 5) is 62.2. The number of rotatable bonds is 16. The molecule has 362 valence electrons. The number of esters is 2. The molecule has 0 spiro atoms. The second-order valence-corrected chi connectivity index (χ2v) is 20.1. The number of fused-ring (bicyclic) bond motifs is 1. The molecule has 7 rings (SSSR count). The van der Waals surface area contributed by atoms with E-state index in [9.17, 15) is 19.2 Å². The molecule has 2 aromatic heterocycles. The Kier molecular flexibility index (Phi) is 15.3. The number of ether oxygens (including phenoxy) is 4. The van der Waals surface area contributed by atoms with E-state index in [0.29, 0.717) is 32.4 Å². The van der Waals surface area contributed by atoms with E-state index < -0.39 is 35.2 Å². The van der Waals surface area contributed by atoms with Gasteiger partial charge in [-0.25, -0.2) is 10.2 Å². The zero-order chi connectivity index (χ0) is 48.2. The van der Waals surface area contributed by atoms with Crippen molar-refractivity contribution >= 4 is 40.5 Å². The van der Waals surface area contributed by atoms with E-state index in [2.05, 4.69) is 76.2 Å². The van der Waals surface area contributed by atoms with E-state index >= 15 is 0 Å². The van der Waals surface area contributed by atoms with Crippen molar-refractivity contribution in [1.82, 2.24) is 30.2 Å². The molecule has 2 aliphatic heterocycles. The van der Waals surface area contributed by atoms with Crippen molar-refractivity contribution in [3.8, 4) is 22.4 Å². The van der Waals surface area contributed by atoms with Gasteiger partial charge in [-0.3, -0.25) is 29.3 Å². The number of hydrogen-bond acceptors (Lipinski definition) is 12. The molecule has 1 aliphatic carbocycles. The number of nitrogens with zero attached hydrogens (tertiary/aromatic N) is 5. The van der Waals surface area contributed by atoms with Crippen LogP contribution in [0, 0.1) is 5.41 Å². The number of carbonyl (C=O) groups excluding carboxylic acids is 4. The van der Waals surface area contributed by atoms with Crippen LogP contribution in [0.1, 0.15) is 104 Å². The molecule has 2 amide bonds. The van der Waals surface area contributed by atoms with Gasteiger partial charge in [-0.2, -0.15) is 0 Å². The van der Waals surface area contributed by atoms with Gasteiger partial charge in [0.25, 0.3) is 5.91 Å². The second kappa shape index (κ2) is 20.8. The lowest BCUT2D eigenvalue weighted by Crippen LogP contribution is -2.60. The van der Waals surface area contributed by atoms with Crippen LogP contribution < -0.4 is 15.6 Å². The monoisotopic (exact) mass is 922 g/mol. The summed E-state index contributed by atoms with van der Waals surface area (Å²) in [6.07, 6.45) is 5.49. The Morgan fingerprint density at radius 2 is 1.66 bits per heavy atom. The molecule has 1 saturated carbocycles. The van der Waals surface area contributed by atoms with Gasteiger partial charge < -0.3 is 33.7 Å². The molecule has 3 atom stereocenters. The van der Waals surface area contributed by atoms with Crippen LogP contribution in [0.2, 0.25) is 0 Å². The highest BCUT2D eigenvalue weighted by atomic mass is 16.6. The van der Waals surface area contributed by atoms with Gasteiger partial charge in [0, 0.05) is 87.6 Å². The summed E-state index contributed by atoms with van der Waals surface area (Å²) in [7, 11) is 3.04. The van der Waals surface area contributed by atoms with Crippen LogP contribution in [0.25, 0.3) is 33.3 Å². The molecule has 67 heavy (non-hydrogen) atoms. The molecule has 4 heterocycles. The number of pyridine rings is 1. The van der Waals surface area contributed by atoms with Crippen molar-refractivity contribution in [1.29, 1.82) is 0 Å². The highest BCUT2D eigenvalue weighted by Gasteiger charge is 2.35. The minimum absolute atomic E-state index is 0.167. The minimum atomic E-state index is -1.00. The number of aromatic nitrogens is 2. The quantitative estimate of drug-likeness (QED) is 0.0839. The summed E-state index contributed by atoms with van der Waals surface area (Å²) in [6, 6.07) is 15.9. The molecular formula is C52H71N7O8. The van der Waals surface area contributed by atoms with E-state index in [1.807, 2.05) is 31.3 Å². The Bertz CT molecular complexity index is 2430. The maximum absolute atomic E-state index is 14.2. The number of nitrogens with one attached hydrogen (secondary N) is 2. The molecule has 0 bridgehead atoms. The average Bonchev–Trinajstić information content (AvgIpc) is 4.12. The average molecular weight is 922 g/mol. The van der Waals surface area contributed by atoms with Crippen LogP contribution in [0.5, 0.6) is 0 Å². The van der Waals surface area contributed by atoms with Crippen LogP contribution in [0.4, 0.5) is 10.5 Å². The normalized spacial score (nSPS) is 18.1. The van der Waals surface area contributed by atoms with Crippen LogP contribution in [0.3, 0.4) is 0 Å². The van der Waals surface area contributed by atoms with Crippen LogP contribution in [-0.4, -0.2) is 121 Å². The smallest absolute Gasteiger partial charge is 0.408 e. The molecule has 3 fully saturated rings. The van der Waals surface area contributed by atoms with Crippen molar-refractivity contribution in [3.05, 3.63) is 71.5 Å². The molecule has 15 heteroatoms. The number of piperazine rings is 1. The van der Waals surface area contributed by atoms with Crippen LogP contribution >= 0.6 is 0 Å². The van der Waals surface area contributed by atoms with Gasteiger partial charge in [0.15, 0.2) is 0 Å². The molecule has 0 radical (unpaired) electrons. The molecule has 2 saturated heterocycles. The van der Waals surface area contributed by atoms with Crippen molar-refractivity contribution < 1.29 is 38.1 Å². The van der Waals surface area contributed by atoms with Gasteiger partial charge in [-0.05, 0) is 107 Å². The second-order valence-electron chi connectivity index (χ2n) is 20.1. The van der Waals surface area contributed by atoms with Gasteiger partial charge in [-0.1, -0.05) is 44.2 Å². The zero-order valence-electron chi connectivity index (χ0n) is 41.2. The number of hydrazine groups is 1. The zero-order valence-corrected chi connectivity index (χ0v) is 41.2. The lowest BCUT2D eigenvalue weighted by atomic mass is 9.84. The van der Waals surface area contributed by atoms with E-state index in [4.69, 9.17) is 23.9 Å². The highest BCUT2D eigenvalue weighted by Crippen LogP contribution is 2.43. The van der Waals surface area contributed by atoms with Crippen molar-refractivity contribution in [2.24, 2.45) is 5.41 Å². The SMILES string of the molecule is CCn1c(-c2cc(N3CCN(C4CC4)CC3)cnc2[C@H](C)OC)c(CC(C)(C)COC(C)=O)c2cc(-c3cccc(C[C@H](NC(=O)OC(C)(C)C)C(=O)N4CCC[C@@H](C(=O)OC)N4)c3)ccc21. The Labute approximate surface area is 395 Å². The number of anilines is 1. The van der Waals surface area contributed by atoms with E-state index in [1.54, 1.807) is 27.9 Å². The third-order valence-electron chi connectivity index (χ3n) is 13.1. The van der Waals surface area contributed by atoms with Gasteiger partial charge in [0.2, 0.25) is 0 Å². The fraction of sp³-hybridized carbons (Fsp3) is 0.558. The highest BCUT2D eigenvalue weighted by molar-refractivity contribution is 5.96. The van der Waals surface area contributed by atoms with Gasteiger partial charge in [-0.15, -0.1) is 0 Å². The summed E-state index contributed by atoms with van der Waals surface area (Å²) < 4.78 is 24.6. The third kappa shape index (κ3) is 12.0. The maximum Gasteiger partial charge on any atom is 0.408 e. The molecule has 4 aromatic rings. The topological polar surface area (TPSA) is 157 Å². The number of carbonyl (C=O) groups is 4. The van der Waals surface area contributed by atoms with Gasteiger partial charge in [0.1, 0.15) is 17.7 Å². The number of aryl methyl sites for hydroxylation is 1. The van der Waals surface area contributed by atoms with Crippen molar-refractivity contribution in [3.63, 3.8) is 0 Å². The summed E-state index contributed by atoms with van der Waals surface area (Å²) in [5.41, 5.74) is 10.8. The van der Waals surface area contributed by atoms with Crippen LogP contribution in [0.15, 0.2) is 54.7 Å². The fourth-order valence-electron chi connectivity index (χ4n) is 9.50. The molecule has 2 N–H and O–H groups in total. The lowest BCUT2D eigenvalue weighted by molar-refractivity contribution is -0.150. The summed E-state index contributed by atoms with van der Waals surface area (Å²) in [5.74, 6) is -1.16. The van der Waals surface area contributed by atoms with E-state index in [-0.39, 0.29) is 31.0 Å². The Morgan fingerprint density at radius 3 is 2.31 bits per heavy atom. The molecule has 3 aliphatic rings. The summed E-state index contributed by atoms with van der Waals surface area (Å²) in [5, 5.41) is 5.31. The standard InChI is InChI=1S/C52H71N7O8/c1-11-58-45-20-17-37(36-15-12-14-35(26-36)27-44(54-50(63)67-51(4,5)6)48(61)59-21-13-16-43(55-59)49(62)65-10)28-40(45)42(30-52(7,8)32-66-34(3)60)47(58)41-29-39(31-53-46(41)33(2)64-9)57-24-22-56(23-25-57)38-18-19-38/h12,14-15,17,20,26,28-29,31,33,38,43-44,55H,11,13,16,18-19,21-25,27,30,32H2,1-10H3,(H,54,63)/t33-,43-,44-/m0/s1. The largest absolute Gasteiger partial charge is 0.468 e. The fourth-order valence-corrected chi connectivity index (χ4v) is 9.50. The minimum Gasteiger partial charge on any atom is -0.468 e. The first kappa shape index (κ1) is 49.4. The summed E-state index contributed by atoms with van der Waals surface area (Å²) >= 11 is 0. The Hall–Kier alpha value is -5.51. The van der Waals surface area contributed by atoms with Gasteiger partial charge >= 0.3 is 18.0 Å². The number of hydrogen-bond donors (Lipinski definition) is 2. The van der Waals surface area contributed by atoms with E-state index in [0.717, 1.165) is 88.0 Å². The van der Waals surface area contributed by atoms with E-state index in [1.165, 1.54) is 31.9 Å². The Morgan fingerprint density at radius 1 is 0.925 bits per heavy atom. The number of methoxy groups -OCH3 is 2. The lowest BCUT2D eigenvalue weighted by Gasteiger charge is -2.36. The summed E-state index contributed by atoms with van der Waals surface area (Å²) in [6.45, 7) is 20.5. The molecule has 15 nitrogen and oxygen atoms in total. The van der Waals surface area contributed by atoms with Crippen LogP contribution in [-0.2, 0) is 52.7 Å². The third-order valence-corrected chi connectivity index (χ3v) is 13.1. The van der Waals surface area contributed by atoms with Crippen molar-refractivity contribution in [2.75, 3.05) is 58.5 Å². The maximum atomic E-state index is 14.2. The first-order valence-electron chi connectivity index (χ1n) is 23.9.